The number of alkyl halides is 1. The molecule has 0 bridgehead atoms. The molecule has 40 heavy (non-hydrogen) atoms. The summed E-state index contributed by atoms with van der Waals surface area (Å²) in [4.78, 5) is 13.8. The summed E-state index contributed by atoms with van der Waals surface area (Å²) in [5.74, 6) is 5.55. The molecule has 0 amide bonds. The Morgan fingerprint density at radius 3 is 1.20 bits per heavy atom. The highest BCUT2D eigenvalue weighted by Crippen LogP contribution is 2.66. The molecular weight excluding hydrogens is 491 g/mol. The van der Waals surface area contributed by atoms with Gasteiger partial charge < -0.3 is 0 Å². The highest BCUT2D eigenvalue weighted by Gasteiger charge is 2.71. The molecule has 2 spiro atoms. The topological polar surface area (TPSA) is 17.1 Å². The minimum Gasteiger partial charge on any atom is -0.298 e. The van der Waals surface area contributed by atoms with Gasteiger partial charge in [-0.15, -0.1) is 0 Å². The maximum absolute atomic E-state index is 16.2. The highest BCUT2D eigenvalue weighted by molar-refractivity contribution is 5.98. The first kappa shape index (κ1) is 31.0. The van der Waals surface area contributed by atoms with Crippen LogP contribution in [0.3, 0.4) is 0 Å². The van der Waals surface area contributed by atoms with Gasteiger partial charge in [0.25, 0.3) is 0 Å². The van der Waals surface area contributed by atoms with Crippen molar-refractivity contribution in [2.24, 2.45) is 46.3 Å². The lowest BCUT2D eigenvalue weighted by Gasteiger charge is -2.62. The zero-order valence-electron chi connectivity index (χ0n) is 26.7. The lowest BCUT2D eigenvalue weighted by molar-refractivity contribution is -0.194. The molecule has 5 rings (SSSR count). The van der Waals surface area contributed by atoms with Crippen molar-refractivity contribution in [3.63, 3.8) is 0 Å². The van der Waals surface area contributed by atoms with Crippen LogP contribution < -0.4 is 0 Å². The summed E-state index contributed by atoms with van der Waals surface area (Å²) in [5, 5.41) is 0. The van der Waals surface area contributed by atoms with Crippen LogP contribution in [0.1, 0.15) is 181 Å². The van der Waals surface area contributed by atoms with E-state index in [2.05, 4.69) is 13.8 Å². The van der Waals surface area contributed by atoms with E-state index in [1.807, 2.05) is 0 Å². The van der Waals surface area contributed by atoms with E-state index in [0.717, 1.165) is 86.9 Å². The summed E-state index contributed by atoms with van der Waals surface area (Å²) in [5.41, 5.74) is -1.15. The third-order valence-corrected chi connectivity index (χ3v) is 13.8. The van der Waals surface area contributed by atoms with Crippen molar-refractivity contribution in [2.45, 2.75) is 187 Å². The van der Waals surface area contributed by atoms with E-state index >= 15 is 4.39 Å². The van der Waals surface area contributed by atoms with E-state index in [4.69, 9.17) is 0 Å². The maximum atomic E-state index is 16.2. The molecular formula is C38H65FO. The van der Waals surface area contributed by atoms with Crippen molar-refractivity contribution >= 4 is 5.78 Å². The molecule has 0 aromatic carbocycles. The number of carbonyl (C=O) groups is 1. The van der Waals surface area contributed by atoms with Gasteiger partial charge in [0, 0.05) is 0 Å². The lowest BCUT2D eigenvalue weighted by Crippen LogP contribution is -2.69. The molecule has 0 atom stereocenters. The van der Waals surface area contributed by atoms with Crippen LogP contribution >= 0.6 is 0 Å². The Labute approximate surface area is 248 Å². The number of carbonyl (C=O) groups excluding carboxylic acids is 1. The first-order valence-corrected chi connectivity index (χ1v) is 18.7. The van der Waals surface area contributed by atoms with Gasteiger partial charge in [-0.2, -0.15) is 0 Å². The SMILES string of the molecule is CCCCCC[C@H]1CC[C@H](C2CCC3(CC2)C(=O)C2(CCC([C@H]4CC[C@H](CCCCCC)CC4)CC2)C3F)CC1. The summed E-state index contributed by atoms with van der Waals surface area (Å²) in [6, 6.07) is 0. The first-order chi connectivity index (χ1) is 19.5. The molecule has 0 heterocycles. The van der Waals surface area contributed by atoms with E-state index < -0.39 is 17.0 Å². The largest absolute Gasteiger partial charge is 0.298 e. The predicted molar refractivity (Wildman–Crippen MR) is 167 cm³/mol. The van der Waals surface area contributed by atoms with Crippen molar-refractivity contribution in [1.29, 1.82) is 0 Å². The third kappa shape index (κ3) is 6.56. The minimum atomic E-state index is -0.841. The third-order valence-electron chi connectivity index (χ3n) is 13.8. The van der Waals surface area contributed by atoms with Crippen molar-refractivity contribution in [3.05, 3.63) is 0 Å². The minimum absolute atomic E-state index is 0.385. The second-order valence-corrected chi connectivity index (χ2v) is 15.9. The number of hydrogen-bond donors (Lipinski definition) is 0. The average Bonchev–Trinajstić information content (AvgIpc) is 3.02. The van der Waals surface area contributed by atoms with E-state index in [9.17, 15) is 4.79 Å². The summed E-state index contributed by atoms with van der Waals surface area (Å²) < 4.78 is 16.2. The molecule has 0 aromatic heterocycles. The van der Waals surface area contributed by atoms with Gasteiger partial charge in [-0.1, -0.05) is 104 Å². The zero-order valence-corrected chi connectivity index (χ0v) is 26.7. The van der Waals surface area contributed by atoms with E-state index in [1.165, 1.54) is 116 Å². The van der Waals surface area contributed by atoms with Crippen LogP contribution in [0.5, 0.6) is 0 Å². The highest BCUT2D eigenvalue weighted by atomic mass is 19.1. The second kappa shape index (κ2) is 14.4. The van der Waals surface area contributed by atoms with Gasteiger partial charge in [-0.3, -0.25) is 4.79 Å². The number of halogens is 1. The molecule has 230 valence electrons. The fraction of sp³-hybridized carbons (Fsp3) is 0.974. The van der Waals surface area contributed by atoms with Crippen LogP contribution in [0.2, 0.25) is 0 Å². The number of ketones is 1. The molecule has 0 aliphatic heterocycles. The molecule has 5 fully saturated rings. The molecule has 0 N–H and O–H groups in total. The fourth-order valence-electron chi connectivity index (χ4n) is 11.0. The van der Waals surface area contributed by atoms with E-state index in [1.54, 1.807) is 0 Å². The van der Waals surface area contributed by atoms with Crippen molar-refractivity contribution in [1.82, 2.24) is 0 Å². The van der Waals surface area contributed by atoms with Crippen LogP contribution in [-0.4, -0.2) is 12.0 Å². The molecule has 0 saturated heterocycles. The Bertz CT molecular complexity index is 694. The van der Waals surface area contributed by atoms with Crippen LogP contribution in [0.4, 0.5) is 4.39 Å². The van der Waals surface area contributed by atoms with Crippen molar-refractivity contribution in [3.8, 4) is 0 Å². The van der Waals surface area contributed by atoms with E-state index in [-0.39, 0.29) is 0 Å². The monoisotopic (exact) mass is 557 g/mol. The molecule has 5 aliphatic rings. The number of unbranched alkanes of at least 4 members (excludes halogenated alkanes) is 6. The molecule has 0 aromatic rings. The Morgan fingerprint density at radius 1 is 0.525 bits per heavy atom. The number of hydrogen-bond acceptors (Lipinski definition) is 1. The number of Topliss-reactive ketones (excluding diaryl/α,β-unsaturated/α-hetero) is 1. The summed E-state index contributed by atoms with van der Waals surface area (Å²) in [6.07, 6.45) is 32.4. The average molecular weight is 557 g/mol. The van der Waals surface area contributed by atoms with Gasteiger partial charge in [-0.05, 0) is 113 Å². The van der Waals surface area contributed by atoms with Crippen LogP contribution in [-0.2, 0) is 4.79 Å². The smallest absolute Gasteiger partial charge is 0.151 e. The Balaban J connectivity index is 1.02. The molecule has 0 unspecified atom stereocenters. The van der Waals surface area contributed by atoms with Gasteiger partial charge in [-0.25, -0.2) is 4.39 Å². The van der Waals surface area contributed by atoms with Gasteiger partial charge >= 0.3 is 0 Å². The normalized spacial score (nSPS) is 42.3. The zero-order chi connectivity index (χ0) is 28.0. The van der Waals surface area contributed by atoms with Gasteiger partial charge in [0.15, 0.2) is 5.78 Å². The van der Waals surface area contributed by atoms with Crippen molar-refractivity contribution < 1.29 is 9.18 Å². The Morgan fingerprint density at radius 2 is 0.875 bits per heavy atom. The Kier molecular flexibility index (Phi) is 11.2. The quantitative estimate of drug-likeness (QED) is 0.218. The molecule has 0 radical (unpaired) electrons. The molecule has 5 aliphatic carbocycles. The lowest BCUT2D eigenvalue weighted by atomic mass is 9.41. The Hall–Kier alpha value is -0.400. The van der Waals surface area contributed by atoms with Gasteiger partial charge in [0.1, 0.15) is 6.17 Å². The van der Waals surface area contributed by atoms with Crippen LogP contribution in [0, 0.1) is 46.3 Å². The predicted octanol–water partition coefficient (Wildman–Crippen LogP) is 11.8. The van der Waals surface area contributed by atoms with Crippen LogP contribution in [0.15, 0.2) is 0 Å². The fourth-order valence-corrected chi connectivity index (χ4v) is 11.0. The second-order valence-electron chi connectivity index (χ2n) is 15.9. The van der Waals surface area contributed by atoms with E-state index in [0.29, 0.717) is 5.78 Å². The number of rotatable bonds is 12. The molecule has 1 nitrogen and oxygen atoms in total. The van der Waals surface area contributed by atoms with Crippen molar-refractivity contribution in [2.75, 3.05) is 0 Å². The summed E-state index contributed by atoms with van der Waals surface area (Å²) >= 11 is 0. The van der Waals surface area contributed by atoms with Gasteiger partial charge in [0.05, 0.1) is 10.8 Å². The first-order valence-electron chi connectivity index (χ1n) is 18.7. The maximum Gasteiger partial charge on any atom is 0.151 e. The standard InChI is InChI=1S/C38H65FO/c1-3-5-7-9-11-29-13-17-31(18-14-29)33-21-25-37(26-22-33)35(39)38(36(37)40)27-23-34(24-28-38)32-19-15-30(16-20-32)12-10-8-6-4-2/h29-35H,3-28H2,1-2H3/t29-,30-,31-,32-,33?,34?,35?,37?,38?. The molecule has 5 saturated carbocycles. The summed E-state index contributed by atoms with van der Waals surface area (Å²) in [7, 11) is 0. The van der Waals surface area contributed by atoms with Gasteiger partial charge in [0.2, 0.25) is 0 Å². The van der Waals surface area contributed by atoms with Crippen LogP contribution in [0.25, 0.3) is 0 Å². The molecule has 2 heteroatoms. The summed E-state index contributed by atoms with van der Waals surface area (Å²) in [6.45, 7) is 4.60.